The number of carbonyl (C=O) groups excluding carboxylic acids is 1. The van der Waals surface area contributed by atoms with Crippen molar-refractivity contribution in [2.75, 3.05) is 13.1 Å². The lowest BCUT2D eigenvalue weighted by Gasteiger charge is -2.26. The highest BCUT2D eigenvalue weighted by Crippen LogP contribution is 2.15. The highest BCUT2D eigenvalue weighted by Gasteiger charge is 2.18. The van der Waals surface area contributed by atoms with Crippen molar-refractivity contribution in [2.45, 2.75) is 25.8 Å². The van der Waals surface area contributed by atoms with Crippen LogP contribution in [0.4, 0.5) is 0 Å². The van der Waals surface area contributed by atoms with Crippen LogP contribution in [0.5, 0.6) is 0 Å². The number of carbonyl (C=O) groups is 1. The van der Waals surface area contributed by atoms with Crippen LogP contribution in [0.1, 0.15) is 35.2 Å². The number of hydrogen-bond donors (Lipinski definition) is 1. The van der Waals surface area contributed by atoms with Gasteiger partial charge in [-0.05, 0) is 48.4 Å². The van der Waals surface area contributed by atoms with Crippen LogP contribution in [0, 0.1) is 0 Å². The van der Waals surface area contributed by atoms with E-state index in [2.05, 4.69) is 4.98 Å². The third-order valence-electron chi connectivity index (χ3n) is 4.78. The maximum absolute atomic E-state index is 12.5. The van der Waals surface area contributed by atoms with Crippen LogP contribution in [0.2, 0.25) is 0 Å². The Hall–Kier alpha value is -2.67. The topological polar surface area (TPSA) is 75.2 Å². The molecule has 1 aliphatic rings. The van der Waals surface area contributed by atoms with E-state index in [1.54, 1.807) is 23.6 Å². The van der Waals surface area contributed by atoms with Gasteiger partial charge in [0.15, 0.2) is 0 Å². The van der Waals surface area contributed by atoms with E-state index in [1.807, 2.05) is 17.0 Å². The maximum atomic E-state index is 12.5. The highest BCUT2D eigenvalue weighted by atomic mass is 32.1. The zero-order valence-electron chi connectivity index (χ0n) is 14.2. The van der Waals surface area contributed by atoms with Crippen LogP contribution in [-0.4, -0.2) is 33.4 Å². The Bertz CT molecular complexity index is 1060. The van der Waals surface area contributed by atoms with Crippen LogP contribution in [-0.2, 0) is 6.54 Å². The molecule has 3 heterocycles. The van der Waals surface area contributed by atoms with Gasteiger partial charge in [0.05, 0.1) is 12.1 Å². The van der Waals surface area contributed by atoms with Crippen LogP contribution >= 0.6 is 11.3 Å². The number of thiophene rings is 1. The molecule has 6 nitrogen and oxygen atoms in total. The summed E-state index contributed by atoms with van der Waals surface area (Å²) in [4.78, 5) is 41.8. The Labute approximate surface area is 153 Å². The van der Waals surface area contributed by atoms with Crippen molar-refractivity contribution in [1.29, 1.82) is 0 Å². The molecule has 1 fully saturated rings. The molecule has 0 atom stereocenters. The van der Waals surface area contributed by atoms with Crippen LogP contribution in [0.25, 0.3) is 10.2 Å². The molecule has 0 radical (unpaired) electrons. The van der Waals surface area contributed by atoms with E-state index in [4.69, 9.17) is 0 Å². The van der Waals surface area contributed by atoms with Gasteiger partial charge in [0.25, 0.3) is 11.5 Å². The number of nitrogens with zero attached hydrogens (tertiary/aromatic N) is 2. The minimum Gasteiger partial charge on any atom is -0.339 e. The fourth-order valence-corrected chi connectivity index (χ4v) is 4.13. The molecule has 0 aliphatic carbocycles. The number of hydrogen-bond acceptors (Lipinski definition) is 4. The van der Waals surface area contributed by atoms with Gasteiger partial charge in [-0.3, -0.25) is 14.2 Å². The Morgan fingerprint density at radius 2 is 1.77 bits per heavy atom. The smallest absolute Gasteiger partial charge is 0.329 e. The first-order valence-corrected chi connectivity index (χ1v) is 9.60. The summed E-state index contributed by atoms with van der Waals surface area (Å²) in [5.41, 5.74) is 1.32. The zero-order valence-corrected chi connectivity index (χ0v) is 15.1. The van der Waals surface area contributed by atoms with Gasteiger partial charge in [-0.15, -0.1) is 11.3 Å². The molecule has 0 spiro atoms. The molecule has 0 saturated carbocycles. The predicted molar refractivity (Wildman–Crippen MR) is 102 cm³/mol. The van der Waals surface area contributed by atoms with E-state index in [-0.39, 0.29) is 18.0 Å². The molecule has 0 bridgehead atoms. The Morgan fingerprint density at radius 1 is 1.04 bits per heavy atom. The molecule has 1 aliphatic heterocycles. The van der Waals surface area contributed by atoms with Gasteiger partial charge in [-0.1, -0.05) is 12.1 Å². The second-order valence-electron chi connectivity index (χ2n) is 6.53. The van der Waals surface area contributed by atoms with E-state index in [0.717, 1.165) is 31.5 Å². The number of amides is 1. The number of piperidine rings is 1. The van der Waals surface area contributed by atoms with E-state index >= 15 is 0 Å². The van der Waals surface area contributed by atoms with Crippen molar-refractivity contribution in [3.8, 4) is 0 Å². The molecule has 3 aromatic rings. The van der Waals surface area contributed by atoms with Crippen molar-refractivity contribution >= 4 is 27.5 Å². The first kappa shape index (κ1) is 16.8. The molecular weight excluding hydrogens is 350 g/mol. The van der Waals surface area contributed by atoms with Gasteiger partial charge in [0, 0.05) is 18.7 Å². The molecule has 1 amide bonds. The summed E-state index contributed by atoms with van der Waals surface area (Å²) >= 11 is 1.32. The molecule has 0 unspecified atom stereocenters. The van der Waals surface area contributed by atoms with Crippen molar-refractivity contribution in [2.24, 2.45) is 0 Å². The molecule has 1 N–H and O–H groups in total. The summed E-state index contributed by atoms with van der Waals surface area (Å²) in [7, 11) is 0. The summed E-state index contributed by atoms with van der Waals surface area (Å²) in [6, 6.07) is 8.89. The second kappa shape index (κ2) is 6.92. The Morgan fingerprint density at radius 3 is 2.50 bits per heavy atom. The lowest BCUT2D eigenvalue weighted by molar-refractivity contribution is 0.0724. The van der Waals surface area contributed by atoms with E-state index in [0.29, 0.717) is 15.8 Å². The van der Waals surface area contributed by atoms with Gasteiger partial charge in [-0.2, -0.15) is 0 Å². The average molecular weight is 369 g/mol. The van der Waals surface area contributed by atoms with E-state index in [9.17, 15) is 14.4 Å². The number of likely N-dealkylation sites (tertiary alicyclic amines) is 1. The van der Waals surface area contributed by atoms with Crippen molar-refractivity contribution in [1.82, 2.24) is 14.5 Å². The lowest BCUT2D eigenvalue weighted by atomic mass is 10.1. The third-order valence-corrected chi connectivity index (χ3v) is 5.68. The summed E-state index contributed by atoms with van der Waals surface area (Å²) in [5.74, 6) is 0.0475. The molecule has 26 heavy (non-hydrogen) atoms. The number of fused-ring (bicyclic) bond motifs is 1. The second-order valence-corrected chi connectivity index (χ2v) is 7.45. The summed E-state index contributed by atoms with van der Waals surface area (Å²) < 4.78 is 1.74. The standard InChI is InChI=1S/C19H19N3O3S/c23-17(21-9-2-1-3-10-21)14-6-4-13(5-7-14)12-22-18(24)16-15(8-11-26-16)20-19(22)25/h4-8,11H,1-3,9-10,12H2,(H,20,25). The van der Waals surface area contributed by atoms with Crippen molar-refractivity contribution in [3.05, 3.63) is 67.7 Å². The van der Waals surface area contributed by atoms with Gasteiger partial charge < -0.3 is 9.88 Å². The van der Waals surface area contributed by atoms with Gasteiger partial charge >= 0.3 is 5.69 Å². The van der Waals surface area contributed by atoms with E-state index < -0.39 is 5.69 Å². The molecule has 1 saturated heterocycles. The van der Waals surface area contributed by atoms with Crippen LogP contribution in [0.15, 0.2) is 45.3 Å². The average Bonchev–Trinajstić information content (AvgIpc) is 3.14. The number of benzene rings is 1. The summed E-state index contributed by atoms with van der Waals surface area (Å²) in [5, 5.41) is 1.79. The first-order chi connectivity index (χ1) is 12.6. The molecular formula is C19H19N3O3S. The monoisotopic (exact) mass is 369 g/mol. The number of rotatable bonds is 3. The Kier molecular flexibility index (Phi) is 4.46. The normalized spacial score (nSPS) is 14.7. The number of H-pyrrole nitrogens is 1. The number of nitrogens with one attached hydrogen (secondary N) is 1. The van der Waals surface area contributed by atoms with Gasteiger partial charge in [-0.25, -0.2) is 4.79 Å². The first-order valence-electron chi connectivity index (χ1n) is 8.72. The van der Waals surface area contributed by atoms with Crippen LogP contribution < -0.4 is 11.2 Å². The number of aromatic amines is 1. The fraction of sp³-hybridized carbons (Fsp3) is 0.316. The molecule has 1 aromatic carbocycles. The van der Waals surface area contributed by atoms with Crippen LogP contribution in [0.3, 0.4) is 0 Å². The summed E-state index contributed by atoms with van der Waals surface area (Å²) in [6.07, 6.45) is 3.29. The maximum Gasteiger partial charge on any atom is 0.329 e. The Balaban J connectivity index is 1.57. The molecule has 4 rings (SSSR count). The minimum absolute atomic E-state index is 0.0475. The third kappa shape index (κ3) is 3.10. The zero-order chi connectivity index (χ0) is 18.1. The molecule has 2 aromatic heterocycles. The largest absolute Gasteiger partial charge is 0.339 e. The predicted octanol–water partition coefficient (Wildman–Crippen LogP) is 2.43. The van der Waals surface area contributed by atoms with Gasteiger partial charge in [0.2, 0.25) is 0 Å². The minimum atomic E-state index is -0.422. The molecule has 134 valence electrons. The summed E-state index contributed by atoms with van der Waals surface area (Å²) in [6.45, 7) is 1.80. The SMILES string of the molecule is O=C(c1ccc(Cn2c(=O)[nH]c3ccsc3c2=O)cc1)N1CCCCC1. The molecule has 7 heteroatoms. The number of aromatic nitrogens is 2. The quantitative estimate of drug-likeness (QED) is 0.770. The van der Waals surface area contributed by atoms with Gasteiger partial charge in [0.1, 0.15) is 4.70 Å². The fourth-order valence-electron chi connectivity index (χ4n) is 3.33. The van der Waals surface area contributed by atoms with Crippen molar-refractivity contribution in [3.63, 3.8) is 0 Å². The van der Waals surface area contributed by atoms with Crippen molar-refractivity contribution < 1.29 is 4.79 Å². The lowest BCUT2D eigenvalue weighted by Crippen LogP contribution is -2.35. The highest BCUT2D eigenvalue weighted by molar-refractivity contribution is 7.17. The van der Waals surface area contributed by atoms with E-state index in [1.165, 1.54) is 22.3 Å².